The molecule has 0 aliphatic rings. The van der Waals surface area contributed by atoms with E-state index in [1.165, 1.54) is 0 Å². The van der Waals surface area contributed by atoms with Gasteiger partial charge in [0.25, 0.3) is 0 Å². The van der Waals surface area contributed by atoms with E-state index in [4.69, 9.17) is 5.11 Å². The molecule has 0 spiro atoms. The van der Waals surface area contributed by atoms with Gasteiger partial charge in [-0.25, -0.2) is 17.9 Å². The molecule has 0 aromatic heterocycles. The standard InChI is InChI=1S/C9H19N3O5S/c1-7(3-4-8(13)14)12-9(15)10-5-6-11-18(2,16)17/h7,11H,3-6H2,1-2H3,(H,13,14)(H2,10,12,15). The molecule has 0 heterocycles. The Labute approximate surface area is 106 Å². The molecule has 0 aromatic rings. The summed E-state index contributed by atoms with van der Waals surface area (Å²) in [6.07, 6.45) is 1.35. The van der Waals surface area contributed by atoms with Gasteiger partial charge < -0.3 is 15.7 Å². The number of hydrogen-bond acceptors (Lipinski definition) is 4. The minimum Gasteiger partial charge on any atom is -0.481 e. The highest BCUT2D eigenvalue weighted by atomic mass is 32.2. The molecule has 0 aliphatic carbocycles. The van der Waals surface area contributed by atoms with Gasteiger partial charge in [-0.3, -0.25) is 4.79 Å². The van der Waals surface area contributed by atoms with Crippen LogP contribution in [0.25, 0.3) is 0 Å². The summed E-state index contributed by atoms with van der Waals surface area (Å²) >= 11 is 0. The van der Waals surface area contributed by atoms with E-state index in [0.29, 0.717) is 6.42 Å². The summed E-state index contributed by atoms with van der Waals surface area (Å²) in [5.41, 5.74) is 0. The van der Waals surface area contributed by atoms with E-state index in [-0.39, 0.29) is 25.6 Å². The Bertz CT molecular complexity index is 382. The Balaban J connectivity index is 3.68. The first kappa shape index (κ1) is 16.6. The van der Waals surface area contributed by atoms with Crippen LogP contribution in [0.5, 0.6) is 0 Å². The van der Waals surface area contributed by atoms with E-state index in [9.17, 15) is 18.0 Å². The second kappa shape index (κ2) is 7.88. The van der Waals surface area contributed by atoms with Gasteiger partial charge in [-0.05, 0) is 13.3 Å². The van der Waals surface area contributed by atoms with Gasteiger partial charge in [0, 0.05) is 25.6 Å². The van der Waals surface area contributed by atoms with Crippen LogP contribution in [-0.4, -0.2) is 50.9 Å². The number of sulfonamides is 1. The van der Waals surface area contributed by atoms with Crippen molar-refractivity contribution in [3.05, 3.63) is 0 Å². The number of urea groups is 1. The predicted molar refractivity (Wildman–Crippen MR) is 65.7 cm³/mol. The Hall–Kier alpha value is -1.35. The Morgan fingerprint density at radius 3 is 2.39 bits per heavy atom. The van der Waals surface area contributed by atoms with Crippen LogP contribution in [0, 0.1) is 0 Å². The molecule has 0 saturated heterocycles. The zero-order chi connectivity index (χ0) is 14.2. The lowest BCUT2D eigenvalue weighted by molar-refractivity contribution is -0.137. The average molecular weight is 281 g/mol. The van der Waals surface area contributed by atoms with Crippen LogP contribution in [0.3, 0.4) is 0 Å². The van der Waals surface area contributed by atoms with Crippen molar-refractivity contribution in [1.29, 1.82) is 0 Å². The van der Waals surface area contributed by atoms with E-state index in [0.717, 1.165) is 6.26 Å². The molecule has 4 N–H and O–H groups in total. The highest BCUT2D eigenvalue weighted by Gasteiger charge is 2.08. The molecule has 0 aromatic carbocycles. The fourth-order valence-corrected chi connectivity index (χ4v) is 1.57. The topological polar surface area (TPSA) is 125 Å². The van der Waals surface area contributed by atoms with E-state index in [2.05, 4.69) is 15.4 Å². The van der Waals surface area contributed by atoms with Crippen molar-refractivity contribution in [2.45, 2.75) is 25.8 Å². The van der Waals surface area contributed by atoms with Gasteiger partial charge in [0.05, 0.1) is 6.26 Å². The number of carboxylic acids is 1. The average Bonchev–Trinajstić information content (AvgIpc) is 2.20. The third-order valence-corrected chi connectivity index (χ3v) is 2.67. The first-order valence-electron chi connectivity index (χ1n) is 5.41. The highest BCUT2D eigenvalue weighted by Crippen LogP contribution is 1.95. The SMILES string of the molecule is CC(CCC(=O)O)NC(=O)NCCNS(C)(=O)=O. The lowest BCUT2D eigenvalue weighted by Gasteiger charge is -2.13. The summed E-state index contributed by atoms with van der Waals surface area (Å²) in [6, 6.07) is -0.716. The summed E-state index contributed by atoms with van der Waals surface area (Å²) in [4.78, 5) is 21.6. The van der Waals surface area contributed by atoms with E-state index in [1.54, 1.807) is 6.92 Å². The minimum atomic E-state index is -3.25. The molecule has 0 rings (SSSR count). The summed E-state index contributed by atoms with van der Waals surface area (Å²) in [7, 11) is -3.25. The van der Waals surface area contributed by atoms with Gasteiger partial charge in [-0.15, -0.1) is 0 Å². The molecular formula is C9H19N3O5S. The van der Waals surface area contributed by atoms with Crippen LogP contribution in [0.2, 0.25) is 0 Å². The molecule has 1 unspecified atom stereocenters. The molecule has 0 radical (unpaired) electrons. The molecule has 8 nitrogen and oxygen atoms in total. The predicted octanol–water partition coefficient (Wildman–Crippen LogP) is -0.912. The molecule has 0 saturated carbocycles. The zero-order valence-corrected chi connectivity index (χ0v) is 11.2. The second-order valence-electron chi connectivity index (χ2n) is 3.90. The van der Waals surface area contributed by atoms with Crippen molar-refractivity contribution < 1.29 is 23.1 Å². The first-order valence-corrected chi connectivity index (χ1v) is 7.30. The van der Waals surface area contributed by atoms with Crippen molar-refractivity contribution >= 4 is 22.0 Å². The van der Waals surface area contributed by atoms with Crippen molar-refractivity contribution in [2.24, 2.45) is 0 Å². The molecule has 0 bridgehead atoms. The van der Waals surface area contributed by atoms with E-state index in [1.807, 2.05) is 0 Å². The number of rotatable bonds is 8. The number of carbonyl (C=O) groups is 2. The minimum absolute atomic E-state index is 0.0168. The summed E-state index contributed by atoms with van der Waals surface area (Å²) in [5.74, 6) is -0.915. The molecule has 0 aliphatic heterocycles. The maximum absolute atomic E-state index is 11.3. The highest BCUT2D eigenvalue weighted by molar-refractivity contribution is 7.88. The summed E-state index contributed by atoms with van der Waals surface area (Å²) in [6.45, 7) is 1.96. The first-order chi connectivity index (χ1) is 8.20. The fraction of sp³-hybridized carbons (Fsp3) is 0.778. The number of amides is 2. The van der Waals surface area contributed by atoms with Crippen LogP contribution in [0.1, 0.15) is 19.8 Å². The van der Waals surface area contributed by atoms with Crippen LogP contribution in [0.15, 0.2) is 0 Å². The summed E-state index contributed by atoms with van der Waals surface area (Å²) < 4.78 is 23.6. The maximum Gasteiger partial charge on any atom is 0.315 e. The van der Waals surface area contributed by atoms with E-state index < -0.39 is 22.0 Å². The number of carbonyl (C=O) groups excluding carboxylic acids is 1. The van der Waals surface area contributed by atoms with Gasteiger partial charge in [-0.2, -0.15) is 0 Å². The molecule has 2 amide bonds. The quantitative estimate of drug-likeness (QED) is 0.429. The fourth-order valence-electron chi connectivity index (χ4n) is 1.10. The molecule has 1 atom stereocenters. The van der Waals surface area contributed by atoms with Gasteiger partial charge in [0.15, 0.2) is 0 Å². The lowest BCUT2D eigenvalue weighted by atomic mass is 10.2. The normalized spacial score (nSPS) is 12.8. The van der Waals surface area contributed by atoms with Crippen molar-refractivity contribution in [3.8, 4) is 0 Å². The van der Waals surface area contributed by atoms with Crippen molar-refractivity contribution in [2.75, 3.05) is 19.3 Å². The largest absolute Gasteiger partial charge is 0.481 e. The van der Waals surface area contributed by atoms with Crippen LogP contribution in [0.4, 0.5) is 4.79 Å². The van der Waals surface area contributed by atoms with Gasteiger partial charge in [0.2, 0.25) is 10.0 Å². The number of hydrogen-bond donors (Lipinski definition) is 4. The maximum atomic E-state index is 11.3. The zero-order valence-electron chi connectivity index (χ0n) is 10.4. The Morgan fingerprint density at radius 2 is 1.89 bits per heavy atom. The van der Waals surface area contributed by atoms with Gasteiger partial charge in [-0.1, -0.05) is 0 Å². The van der Waals surface area contributed by atoms with Crippen LogP contribution >= 0.6 is 0 Å². The third kappa shape index (κ3) is 11.1. The smallest absolute Gasteiger partial charge is 0.315 e. The van der Waals surface area contributed by atoms with E-state index >= 15 is 0 Å². The number of aliphatic carboxylic acids is 1. The number of nitrogens with one attached hydrogen (secondary N) is 3. The number of carboxylic acid groups (broad SMARTS) is 1. The van der Waals surface area contributed by atoms with Crippen LogP contribution in [-0.2, 0) is 14.8 Å². The van der Waals surface area contributed by atoms with Gasteiger partial charge >= 0.3 is 12.0 Å². The molecular weight excluding hydrogens is 262 g/mol. The third-order valence-electron chi connectivity index (χ3n) is 1.94. The van der Waals surface area contributed by atoms with Crippen LogP contribution < -0.4 is 15.4 Å². The lowest BCUT2D eigenvalue weighted by Crippen LogP contribution is -2.43. The van der Waals surface area contributed by atoms with Gasteiger partial charge in [0.1, 0.15) is 0 Å². The molecule has 9 heteroatoms. The second-order valence-corrected chi connectivity index (χ2v) is 5.73. The van der Waals surface area contributed by atoms with Crippen molar-refractivity contribution in [3.63, 3.8) is 0 Å². The molecule has 18 heavy (non-hydrogen) atoms. The Morgan fingerprint density at radius 1 is 1.28 bits per heavy atom. The monoisotopic (exact) mass is 281 g/mol. The Kier molecular flexibility index (Phi) is 7.29. The summed E-state index contributed by atoms with van der Waals surface area (Å²) in [5, 5.41) is 13.4. The molecule has 106 valence electrons. The van der Waals surface area contributed by atoms with Crippen molar-refractivity contribution in [1.82, 2.24) is 15.4 Å². The molecule has 0 fully saturated rings.